The van der Waals surface area contributed by atoms with Gasteiger partial charge in [0.2, 0.25) is 6.29 Å². The number of Topliss-reactive ketones (excluding diaryl/α,β-unsaturated/α-hetero) is 2. The second-order valence-corrected chi connectivity index (χ2v) is 8.42. The van der Waals surface area contributed by atoms with E-state index in [-0.39, 0.29) is 35.5 Å². The number of benzene rings is 2. The largest absolute Gasteiger partial charge is 0.353 e. The number of nitrogens with zero attached hydrogens (tertiary/aromatic N) is 1. The summed E-state index contributed by atoms with van der Waals surface area (Å²) in [5, 5.41) is 0.640. The van der Waals surface area contributed by atoms with Crippen molar-refractivity contribution in [2.24, 2.45) is 11.8 Å². The Morgan fingerprint density at radius 1 is 1.14 bits per heavy atom. The van der Waals surface area contributed by atoms with Crippen LogP contribution in [-0.4, -0.2) is 42.7 Å². The first-order valence-electron chi connectivity index (χ1n) is 9.79. The van der Waals surface area contributed by atoms with Gasteiger partial charge in [-0.2, -0.15) is 0 Å². The Morgan fingerprint density at radius 3 is 2.79 bits per heavy atom. The lowest BCUT2D eigenvalue weighted by Crippen LogP contribution is -2.48. The predicted octanol–water partition coefficient (Wildman–Crippen LogP) is 3.36. The molecule has 0 aromatic heterocycles. The minimum absolute atomic E-state index is 0.000972. The average molecular weight is 408 g/mol. The Kier molecular flexibility index (Phi) is 3.76. The molecular weight excluding hydrogens is 390 g/mol. The van der Waals surface area contributed by atoms with Gasteiger partial charge in [0, 0.05) is 22.2 Å². The van der Waals surface area contributed by atoms with E-state index in [9.17, 15) is 9.59 Å². The third-order valence-electron chi connectivity index (χ3n) is 6.54. The van der Waals surface area contributed by atoms with Gasteiger partial charge in [-0.15, -0.1) is 0 Å². The molecular formula is C23H18ClNO4. The maximum atomic E-state index is 13.7. The zero-order chi connectivity index (χ0) is 19.7. The lowest BCUT2D eigenvalue weighted by molar-refractivity contribution is -0.163. The van der Waals surface area contributed by atoms with Gasteiger partial charge in [-0.05, 0) is 23.8 Å². The highest BCUT2D eigenvalue weighted by Gasteiger charge is 2.63. The number of ketones is 2. The summed E-state index contributed by atoms with van der Waals surface area (Å²) in [4.78, 5) is 29.0. The zero-order valence-corrected chi connectivity index (χ0v) is 16.2. The Balaban J connectivity index is 1.53. The van der Waals surface area contributed by atoms with Gasteiger partial charge in [-0.25, -0.2) is 0 Å². The second kappa shape index (κ2) is 6.26. The highest BCUT2D eigenvalue weighted by molar-refractivity contribution is 6.30. The lowest BCUT2D eigenvalue weighted by atomic mass is 9.77. The van der Waals surface area contributed by atoms with Crippen molar-refractivity contribution in [2.75, 3.05) is 11.5 Å². The van der Waals surface area contributed by atoms with Crippen LogP contribution in [-0.2, 0) is 14.3 Å². The van der Waals surface area contributed by atoms with Crippen LogP contribution in [0.15, 0.2) is 54.6 Å². The second-order valence-electron chi connectivity index (χ2n) is 7.98. The molecule has 2 aromatic rings. The molecule has 3 saturated heterocycles. The molecule has 6 rings (SSSR count). The maximum Gasteiger partial charge on any atom is 0.218 e. The van der Waals surface area contributed by atoms with Gasteiger partial charge in [-0.3, -0.25) is 9.59 Å². The molecule has 6 heteroatoms. The smallest absolute Gasteiger partial charge is 0.218 e. The number of fused-ring (bicyclic) bond motifs is 8. The third-order valence-corrected chi connectivity index (χ3v) is 6.77. The molecule has 0 N–H and O–H groups in total. The zero-order valence-electron chi connectivity index (χ0n) is 15.4. The van der Waals surface area contributed by atoms with Crippen molar-refractivity contribution >= 4 is 34.9 Å². The van der Waals surface area contributed by atoms with Gasteiger partial charge >= 0.3 is 0 Å². The number of hydrogen-bond acceptors (Lipinski definition) is 5. The highest BCUT2D eigenvalue weighted by atomic mass is 35.5. The van der Waals surface area contributed by atoms with Crippen molar-refractivity contribution in [3.05, 3.63) is 70.8 Å². The van der Waals surface area contributed by atoms with Crippen molar-refractivity contribution in [1.29, 1.82) is 0 Å². The van der Waals surface area contributed by atoms with E-state index >= 15 is 0 Å². The van der Waals surface area contributed by atoms with Crippen LogP contribution in [0.1, 0.15) is 15.9 Å². The summed E-state index contributed by atoms with van der Waals surface area (Å²) < 4.78 is 11.4. The molecule has 4 heterocycles. The summed E-state index contributed by atoms with van der Waals surface area (Å²) in [5.74, 6) is -0.658. The molecule has 5 nitrogen and oxygen atoms in total. The van der Waals surface area contributed by atoms with Crippen molar-refractivity contribution in [3.63, 3.8) is 0 Å². The van der Waals surface area contributed by atoms with E-state index in [0.717, 1.165) is 11.3 Å². The molecule has 2 aromatic carbocycles. The van der Waals surface area contributed by atoms with E-state index < -0.39 is 12.3 Å². The van der Waals surface area contributed by atoms with Crippen LogP contribution in [0.3, 0.4) is 0 Å². The van der Waals surface area contributed by atoms with E-state index in [1.165, 1.54) is 0 Å². The monoisotopic (exact) mass is 407 g/mol. The summed E-state index contributed by atoms with van der Waals surface area (Å²) in [7, 11) is 0. The van der Waals surface area contributed by atoms with Crippen molar-refractivity contribution < 1.29 is 19.1 Å². The predicted molar refractivity (Wildman–Crippen MR) is 108 cm³/mol. The highest BCUT2D eigenvalue weighted by Crippen LogP contribution is 2.51. The normalized spacial score (nSPS) is 34.0. The van der Waals surface area contributed by atoms with Crippen LogP contribution >= 0.6 is 11.6 Å². The molecule has 0 amide bonds. The fourth-order valence-electron chi connectivity index (χ4n) is 5.38. The fourth-order valence-corrected chi connectivity index (χ4v) is 5.56. The van der Waals surface area contributed by atoms with E-state index in [0.29, 0.717) is 17.2 Å². The van der Waals surface area contributed by atoms with Gasteiger partial charge in [0.05, 0.1) is 30.7 Å². The molecule has 0 spiro atoms. The summed E-state index contributed by atoms with van der Waals surface area (Å²) in [6.07, 6.45) is 2.95. The molecule has 2 bridgehead atoms. The molecule has 29 heavy (non-hydrogen) atoms. The molecule has 4 aliphatic heterocycles. The van der Waals surface area contributed by atoms with Crippen LogP contribution < -0.4 is 4.90 Å². The molecule has 6 atom stereocenters. The topological polar surface area (TPSA) is 55.8 Å². The third kappa shape index (κ3) is 2.41. The van der Waals surface area contributed by atoms with E-state index in [4.69, 9.17) is 21.1 Å². The van der Waals surface area contributed by atoms with Gasteiger partial charge in [0.15, 0.2) is 11.6 Å². The van der Waals surface area contributed by atoms with Crippen molar-refractivity contribution in [2.45, 2.75) is 24.5 Å². The number of carbonyl (C=O) groups is 2. The van der Waals surface area contributed by atoms with E-state index in [1.54, 1.807) is 0 Å². The van der Waals surface area contributed by atoms with Crippen LogP contribution in [0.25, 0.3) is 6.08 Å². The maximum absolute atomic E-state index is 13.7. The summed E-state index contributed by atoms with van der Waals surface area (Å²) in [6, 6.07) is 14.2. The summed E-state index contributed by atoms with van der Waals surface area (Å²) >= 11 is 6.20. The Labute approximate surface area is 172 Å². The molecule has 146 valence electrons. The number of rotatable bonds is 2. The van der Waals surface area contributed by atoms with Gasteiger partial charge in [-0.1, -0.05) is 54.1 Å². The first-order chi connectivity index (χ1) is 14.1. The Morgan fingerprint density at radius 2 is 1.97 bits per heavy atom. The molecule has 0 unspecified atom stereocenters. The van der Waals surface area contributed by atoms with E-state index in [2.05, 4.69) is 4.90 Å². The number of ether oxygens (including phenoxy) is 2. The van der Waals surface area contributed by atoms with Crippen LogP contribution in [0.5, 0.6) is 0 Å². The summed E-state index contributed by atoms with van der Waals surface area (Å²) in [5.41, 5.74) is 2.51. The van der Waals surface area contributed by atoms with E-state index in [1.807, 2.05) is 60.7 Å². The first kappa shape index (κ1) is 17.4. The lowest BCUT2D eigenvalue weighted by Gasteiger charge is -2.35. The van der Waals surface area contributed by atoms with Gasteiger partial charge < -0.3 is 14.4 Å². The average Bonchev–Trinajstić information content (AvgIpc) is 3.33. The number of hydrogen-bond donors (Lipinski definition) is 0. The van der Waals surface area contributed by atoms with Crippen molar-refractivity contribution in [1.82, 2.24) is 0 Å². The first-order valence-corrected chi connectivity index (χ1v) is 10.2. The molecule has 0 aliphatic carbocycles. The van der Waals surface area contributed by atoms with Gasteiger partial charge in [0.25, 0.3) is 0 Å². The number of anilines is 1. The molecule has 3 fully saturated rings. The summed E-state index contributed by atoms with van der Waals surface area (Å²) in [6.45, 7) is 0.341. The standard InChI is InChI=1S/C23H18ClNO4/c24-14-7-9-15-13(10-14)6-8-16-18-19(17-11-28-23(29-17)22(18)27)20(25(15)16)21(26)12-4-2-1-3-5-12/h1-10,16-20,23H,11H2/t16-,17-,18+,19-,20+,23-/m1/s1. The molecule has 0 saturated carbocycles. The number of halogens is 1. The fraction of sp³-hybridized carbons (Fsp3) is 0.304. The Bertz CT molecular complexity index is 1050. The van der Waals surface area contributed by atoms with Crippen molar-refractivity contribution in [3.8, 4) is 0 Å². The minimum Gasteiger partial charge on any atom is -0.353 e. The number of carbonyl (C=O) groups excluding carboxylic acids is 2. The van der Waals surface area contributed by atoms with Crippen LogP contribution in [0.4, 0.5) is 5.69 Å². The SMILES string of the molecule is O=C1[C@@H]2OC[C@@H](O2)[C@@H]2[C@@H]1[C@H]1C=Cc3cc(Cl)ccc3N1[C@@H]2C(=O)c1ccccc1. The molecule has 0 radical (unpaired) electrons. The van der Waals surface area contributed by atoms with Crippen LogP contribution in [0.2, 0.25) is 5.02 Å². The quantitative estimate of drug-likeness (QED) is 0.714. The van der Waals surface area contributed by atoms with Gasteiger partial charge in [0.1, 0.15) is 0 Å². The molecule has 4 aliphatic rings. The van der Waals surface area contributed by atoms with Crippen LogP contribution in [0, 0.1) is 11.8 Å². The Hall–Kier alpha value is -2.47. The minimum atomic E-state index is -0.811.